The van der Waals surface area contributed by atoms with Crippen LogP contribution in [-0.4, -0.2) is 43.2 Å². The van der Waals surface area contributed by atoms with E-state index in [0.717, 1.165) is 49.2 Å². The monoisotopic (exact) mass is 271 g/mol. The smallest absolute Gasteiger partial charge is 0.131 e. The van der Waals surface area contributed by atoms with E-state index in [2.05, 4.69) is 15.5 Å². The average Bonchev–Trinajstić information content (AvgIpc) is 2.84. The van der Waals surface area contributed by atoms with Gasteiger partial charge in [0.15, 0.2) is 0 Å². The summed E-state index contributed by atoms with van der Waals surface area (Å²) >= 11 is 1.68. The van der Waals surface area contributed by atoms with Crippen LogP contribution in [0.25, 0.3) is 0 Å². The van der Waals surface area contributed by atoms with Gasteiger partial charge in [0, 0.05) is 33.2 Å². The molecule has 18 heavy (non-hydrogen) atoms. The van der Waals surface area contributed by atoms with Crippen molar-refractivity contribution in [3.05, 3.63) is 10.0 Å². The fraction of sp³-hybridized carbons (Fsp3) is 0.833. The first kappa shape index (κ1) is 13.9. The van der Waals surface area contributed by atoms with Crippen molar-refractivity contribution in [3.8, 4) is 0 Å². The number of hydrogen-bond acceptors (Lipinski definition) is 6. The lowest BCUT2D eigenvalue weighted by atomic mass is 10.1. The molecule has 0 spiro atoms. The van der Waals surface area contributed by atoms with Gasteiger partial charge in [0.1, 0.15) is 10.0 Å². The number of ether oxygens (including phenoxy) is 2. The molecule has 2 heterocycles. The molecule has 1 aliphatic heterocycles. The van der Waals surface area contributed by atoms with E-state index in [0.29, 0.717) is 6.10 Å². The van der Waals surface area contributed by atoms with Crippen LogP contribution in [0.3, 0.4) is 0 Å². The summed E-state index contributed by atoms with van der Waals surface area (Å²) < 4.78 is 10.7. The van der Waals surface area contributed by atoms with E-state index in [1.165, 1.54) is 12.8 Å². The highest BCUT2D eigenvalue weighted by Gasteiger charge is 2.16. The van der Waals surface area contributed by atoms with Crippen molar-refractivity contribution in [2.45, 2.75) is 38.3 Å². The molecule has 2 rings (SSSR count). The largest absolute Gasteiger partial charge is 0.383 e. The molecule has 6 heteroatoms. The van der Waals surface area contributed by atoms with Crippen molar-refractivity contribution in [2.75, 3.05) is 26.9 Å². The highest BCUT2D eigenvalue weighted by Crippen LogP contribution is 2.19. The summed E-state index contributed by atoms with van der Waals surface area (Å²) in [5.74, 6) is 0. The van der Waals surface area contributed by atoms with Gasteiger partial charge in [-0.15, -0.1) is 21.5 Å². The van der Waals surface area contributed by atoms with E-state index in [-0.39, 0.29) is 0 Å². The van der Waals surface area contributed by atoms with Crippen LogP contribution in [0.1, 0.15) is 29.3 Å². The van der Waals surface area contributed by atoms with Crippen LogP contribution < -0.4 is 5.32 Å². The van der Waals surface area contributed by atoms with Gasteiger partial charge in [-0.2, -0.15) is 0 Å². The minimum absolute atomic E-state index is 0.348. The maximum atomic E-state index is 5.71. The topological polar surface area (TPSA) is 56.3 Å². The second-order valence-corrected chi connectivity index (χ2v) is 5.60. The molecule has 1 fully saturated rings. The fourth-order valence-corrected chi connectivity index (χ4v) is 2.85. The number of hydrogen-bond donors (Lipinski definition) is 1. The predicted octanol–water partition coefficient (Wildman–Crippen LogP) is 1.39. The summed E-state index contributed by atoms with van der Waals surface area (Å²) in [5, 5.41) is 13.8. The maximum absolute atomic E-state index is 5.71. The van der Waals surface area contributed by atoms with Crippen LogP contribution in [0.5, 0.6) is 0 Å². The van der Waals surface area contributed by atoms with E-state index in [4.69, 9.17) is 9.47 Å². The Hall–Kier alpha value is -0.560. The zero-order valence-electron chi connectivity index (χ0n) is 10.9. The van der Waals surface area contributed by atoms with Gasteiger partial charge in [-0.05, 0) is 19.3 Å². The normalized spacial score (nSPS) is 20.2. The van der Waals surface area contributed by atoms with E-state index >= 15 is 0 Å². The standard InChI is InChI=1S/C12H21N3O2S/c1-16-7-5-13-9-12-15-14-11(18-12)8-10-4-2-3-6-17-10/h10,13H,2-9H2,1H3. The predicted molar refractivity (Wildman–Crippen MR) is 70.8 cm³/mol. The molecule has 0 aromatic carbocycles. The summed E-state index contributed by atoms with van der Waals surface area (Å²) in [4.78, 5) is 0. The second-order valence-electron chi connectivity index (χ2n) is 4.45. The zero-order valence-corrected chi connectivity index (χ0v) is 11.7. The van der Waals surface area contributed by atoms with Crippen molar-refractivity contribution < 1.29 is 9.47 Å². The Morgan fingerprint density at radius 1 is 1.39 bits per heavy atom. The molecule has 1 N–H and O–H groups in total. The van der Waals surface area contributed by atoms with E-state index < -0.39 is 0 Å². The van der Waals surface area contributed by atoms with Gasteiger partial charge in [0.2, 0.25) is 0 Å². The Bertz CT molecular complexity index is 340. The third kappa shape index (κ3) is 4.61. The molecule has 1 saturated heterocycles. The summed E-state index contributed by atoms with van der Waals surface area (Å²) in [5.41, 5.74) is 0. The quantitative estimate of drug-likeness (QED) is 0.759. The lowest BCUT2D eigenvalue weighted by Gasteiger charge is -2.21. The van der Waals surface area contributed by atoms with Crippen LogP contribution in [0.2, 0.25) is 0 Å². The number of nitrogens with one attached hydrogen (secondary N) is 1. The third-order valence-electron chi connectivity index (χ3n) is 2.94. The SMILES string of the molecule is COCCNCc1nnc(CC2CCCCO2)s1. The van der Waals surface area contributed by atoms with Crippen LogP contribution in [0.15, 0.2) is 0 Å². The Labute approximate surface area is 112 Å². The molecule has 1 unspecified atom stereocenters. The van der Waals surface area contributed by atoms with E-state index in [1.54, 1.807) is 18.4 Å². The number of aromatic nitrogens is 2. The van der Waals surface area contributed by atoms with Crippen molar-refractivity contribution in [3.63, 3.8) is 0 Å². The van der Waals surface area contributed by atoms with Gasteiger partial charge in [0.25, 0.3) is 0 Å². The highest BCUT2D eigenvalue weighted by atomic mass is 32.1. The zero-order chi connectivity index (χ0) is 12.6. The second kappa shape index (κ2) is 7.78. The Balaban J connectivity index is 1.71. The van der Waals surface area contributed by atoms with Gasteiger partial charge in [0.05, 0.1) is 12.7 Å². The Morgan fingerprint density at radius 3 is 3.06 bits per heavy atom. The average molecular weight is 271 g/mol. The molecule has 1 aromatic heterocycles. The molecule has 0 saturated carbocycles. The van der Waals surface area contributed by atoms with Crippen molar-refractivity contribution in [1.29, 1.82) is 0 Å². The Morgan fingerprint density at radius 2 is 2.28 bits per heavy atom. The molecule has 0 amide bonds. The number of methoxy groups -OCH3 is 1. The van der Waals surface area contributed by atoms with Crippen LogP contribution in [0.4, 0.5) is 0 Å². The summed E-state index contributed by atoms with van der Waals surface area (Å²) in [6.45, 7) is 3.24. The minimum Gasteiger partial charge on any atom is -0.383 e. The van der Waals surface area contributed by atoms with E-state index in [9.17, 15) is 0 Å². The molecule has 0 aliphatic carbocycles. The molecular weight excluding hydrogens is 250 g/mol. The van der Waals surface area contributed by atoms with Crippen molar-refractivity contribution >= 4 is 11.3 Å². The van der Waals surface area contributed by atoms with Gasteiger partial charge < -0.3 is 14.8 Å². The lowest BCUT2D eigenvalue weighted by molar-refractivity contribution is 0.0167. The van der Waals surface area contributed by atoms with Crippen LogP contribution in [0, 0.1) is 0 Å². The first-order valence-electron chi connectivity index (χ1n) is 6.51. The highest BCUT2D eigenvalue weighted by molar-refractivity contribution is 7.11. The van der Waals surface area contributed by atoms with Gasteiger partial charge >= 0.3 is 0 Å². The first-order chi connectivity index (χ1) is 8.88. The van der Waals surface area contributed by atoms with Crippen LogP contribution >= 0.6 is 11.3 Å². The minimum atomic E-state index is 0.348. The molecule has 1 aromatic rings. The van der Waals surface area contributed by atoms with Gasteiger partial charge in [-0.25, -0.2) is 0 Å². The summed E-state index contributed by atoms with van der Waals surface area (Å²) in [6.07, 6.45) is 4.88. The summed E-state index contributed by atoms with van der Waals surface area (Å²) in [6, 6.07) is 0. The van der Waals surface area contributed by atoms with Crippen LogP contribution in [-0.2, 0) is 22.4 Å². The molecular formula is C12H21N3O2S. The first-order valence-corrected chi connectivity index (χ1v) is 7.32. The van der Waals surface area contributed by atoms with Gasteiger partial charge in [-0.1, -0.05) is 0 Å². The molecule has 102 valence electrons. The number of rotatable bonds is 7. The van der Waals surface area contributed by atoms with E-state index in [1.807, 2.05) is 0 Å². The van der Waals surface area contributed by atoms with Gasteiger partial charge in [-0.3, -0.25) is 0 Å². The van der Waals surface area contributed by atoms with Crippen molar-refractivity contribution in [2.24, 2.45) is 0 Å². The lowest BCUT2D eigenvalue weighted by Crippen LogP contribution is -2.21. The maximum Gasteiger partial charge on any atom is 0.131 e. The number of nitrogens with zero attached hydrogens (tertiary/aromatic N) is 2. The summed E-state index contributed by atoms with van der Waals surface area (Å²) in [7, 11) is 1.70. The Kier molecular flexibility index (Phi) is 5.99. The third-order valence-corrected chi connectivity index (χ3v) is 3.89. The molecule has 1 aliphatic rings. The fourth-order valence-electron chi connectivity index (χ4n) is 1.97. The molecule has 1 atom stereocenters. The molecule has 5 nitrogen and oxygen atoms in total. The van der Waals surface area contributed by atoms with Crippen molar-refractivity contribution in [1.82, 2.24) is 15.5 Å². The molecule has 0 bridgehead atoms. The molecule has 0 radical (unpaired) electrons.